The van der Waals surface area contributed by atoms with Gasteiger partial charge in [-0.3, -0.25) is 4.79 Å². The predicted molar refractivity (Wildman–Crippen MR) is 128 cm³/mol. The average molecular weight is 483 g/mol. The Morgan fingerprint density at radius 3 is 2.70 bits per heavy atom. The second-order valence-corrected chi connectivity index (χ2v) is 9.34. The van der Waals surface area contributed by atoms with E-state index in [-0.39, 0.29) is 5.78 Å². The van der Waals surface area contributed by atoms with Gasteiger partial charge in [0.15, 0.2) is 17.3 Å². The van der Waals surface area contributed by atoms with E-state index >= 15 is 0 Å². The number of allylic oxidation sites excluding steroid dienone is 2. The third-order valence-electron chi connectivity index (χ3n) is 5.58. The number of fused-ring (bicyclic) bond motifs is 2. The molecular formula is C24H23ClN4O3S. The van der Waals surface area contributed by atoms with E-state index in [4.69, 9.17) is 26.2 Å². The second kappa shape index (κ2) is 9.11. The SMILES string of the molecule is CC(=O)C1=C(C)Nc2nc(SCc3ccc(Cl)cc3)nn2C1c1ccc2c(c1)OCCCO2. The smallest absolute Gasteiger partial charge is 0.227 e. The molecule has 0 saturated carbocycles. The fraction of sp³-hybridized carbons (Fsp3) is 0.292. The standard InChI is InChI=1S/C24H23ClN4O3S/c1-14-21(15(2)30)22(17-6-9-19-20(12-17)32-11-3-10-31-19)29-23(26-14)27-24(28-29)33-13-16-4-7-18(25)8-5-16/h4-9,12,22H,3,10-11,13H2,1-2H3,(H,26,27,28). The van der Waals surface area contributed by atoms with Crippen LogP contribution >= 0.6 is 23.4 Å². The Hall–Kier alpha value is -2.97. The molecule has 0 amide bonds. The lowest BCUT2D eigenvalue weighted by Crippen LogP contribution is -2.27. The molecule has 0 spiro atoms. The van der Waals surface area contributed by atoms with Crippen LogP contribution in [0.15, 0.2) is 58.9 Å². The average Bonchev–Trinajstić information content (AvgIpc) is 3.05. The van der Waals surface area contributed by atoms with Gasteiger partial charge in [0.1, 0.15) is 6.04 Å². The van der Waals surface area contributed by atoms with Crippen LogP contribution in [0.2, 0.25) is 5.02 Å². The van der Waals surface area contributed by atoms with Crippen LogP contribution < -0.4 is 14.8 Å². The van der Waals surface area contributed by atoms with Crippen molar-refractivity contribution in [2.45, 2.75) is 37.2 Å². The molecule has 3 aromatic rings. The number of ketones is 1. The van der Waals surface area contributed by atoms with E-state index < -0.39 is 6.04 Å². The fourth-order valence-electron chi connectivity index (χ4n) is 4.04. The number of carbonyl (C=O) groups is 1. The van der Waals surface area contributed by atoms with Crippen LogP contribution in [0, 0.1) is 0 Å². The molecule has 0 bridgehead atoms. The molecule has 5 rings (SSSR count). The van der Waals surface area contributed by atoms with E-state index in [9.17, 15) is 4.79 Å². The van der Waals surface area contributed by atoms with Gasteiger partial charge in [0.2, 0.25) is 11.1 Å². The first-order valence-corrected chi connectivity index (χ1v) is 12.1. The first-order valence-electron chi connectivity index (χ1n) is 10.7. The lowest BCUT2D eigenvalue weighted by molar-refractivity contribution is -0.114. The highest BCUT2D eigenvalue weighted by Crippen LogP contribution is 2.40. The van der Waals surface area contributed by atoms with Crippen LogP contribution in [0.3, 0.4) is 0 Å². The van der Waals surface area contributed by atoms with Crippen molar-refractivity contribution >= 4 is 35.1 Å². The summed E-state index contributed by atoms with van der Waals surface area (Å²) in [6, 6.07) is 13.1. The molecule has 1 N–H and O–H groups in total. The quantitative estimate of drug-likeness (QED) is 0.497. The summed E-state index contributed by atoms with van der Waals surface area (Å²) in [6.07, 6.45) is 0.830. The van der Waals surface area contributed by atoms with Gasteiger partial charge >= 0.3 is 0 Å². The zero-order valence-corrected chi connectivity index (χ0v) is 19.9. The molecule has 33 heavy (non-hydrogen) atoms. The summed E-state index contributed by atoms with van der Waals surface area (Å²) >= 11 is 7.52. The third-order valence-corrected chi connectivity index (χ3v) is 6.74. The number of carbonyl (C=O) groups excluding carboxylic acids is 1. The Kier molecular flexibility index (Phi) is 6.03. The number of rotatable bonds is 5. The Labute approximate surface area is 201 Å². The first-order chi connectivity index (χ1) is 16.0. The third kappa shape index (κ3) is 4.45. The number of halogens is 1. The molecular weight excluding hydrogens is 460 g/mol. The molecule has 0 radical (unpaired) electrons. The molecule has 2 aromatic carbocycles. The molecule has 1 atom stereocenters. The summed E-state index contributed by atoms with van der Waals surface area (Å²) in [5.74, 6) is 2.69. The molecule has 3 heterocycles. The Morgan fingerprint density at radius 2 is 1.94 bits per heavy atom. The summed E-state index contributed by atoms with van der Waals surface area (Å²) in [5.41, 5.74) is 3.44. The number of ether oxygens (including phenoxy) is 2. The Balaban J connectivity index is 1.49. The number of benzene rings is 2. The van der Waals surface area contributed by atoms with Crippen molar-refractivity contribution in [2.24, 2.45) is 0 Å². The molecule has 0 saturated heterocycles. The van der Waals surface area contributed by atoms with E-state index in [2.05, 4.69) is 10.3 Å². The summed E-state index contributed by atoms with van der Waals surface area (Å²) in [6.45, 7) is 4.69. The normalized spacial score (nSPS) is 17.2. The van der Waals surface area contributed by atoms with Crippen LogP contribution in [0.25, 0.3) is 0 Å². The van der Waals surface area contributed by atoms with Gasteiger partial charge in [-0.1, -0.05) is 41.6 Å². The molecule has 0 aliphatic carbocycles. The van der Waals surface area contributed by atoms with Crippen LogP contribution in [-0.2, 0) is 10.5 Å². The molecule has 9 heteroatoms. The van der Waals surface area contributed by atoms with Gasteiger partial charge in [-0.25, -0.2) is 4.68 Å². The second-order valence-electron chi connectivity index (χ2n) is 7.96. The minimum Gasteiger partial charge on any atom is -0.490 e. The largest absolute Gasteiger partial charge is 0.490 e. The zero-order chi connectivity index (χ0) is 22.9. The molecule has 0 fully saturated rings. The Morgan fingerprint density at radius 1 is 1.18 bits per heavy atom. The summed E-state index contributed by atoms with van der Waals surface area (Å²) < 4.78 is 13.5. The predicted octanol–water partition coefficient (Wildman–Crippen LogP) is 5.26. The number of Topliss-reactive ketones (excluding diaryl/α,β-unsaturated/α-hetero) is 1. The van der Waals surface area contributed by atoms with Crippen molar-refractivity contribution in [1.29, 1.82) is 0 Å². The highest BCUT2D eigenvalue weighted by atomic mass is 35.5. The maximum absolute atomic E-state index is 12.7. The van der Waals surface area contributed by atoms with Crippen molar-refractivity contribution in [1.82, 2.24) is 14.8 Å². The monoisotopic (exact) mass is 482 g/mol. The first kappa shape index (κ1) is 21.9. The van der Waals surface area contributed by atoms with Gasteiger partial charge in [-0.05, 0) is 49.2 Å². The topological polar surface area (TPSA) is 78.3 Å². The van der Waals surface area contributed by atoms with E-state index in [1.54, 1.807) is 11.6 Å². The molecule has 2 aliphatic heterocycles. The van der Waals surface area contributed by atoms with E-state index in [0.29, 0.717) is 52.2 Å². The maximum atomic E-state index is 12.7. The molecule has 170 valence electrons. The minimum atomic E-state index is -0.409. The Bertz CT molecular complexity index is 1240. The number of hydrogen-bond donors (Lipinski definition) is 1. The number of anilines is 1. The van der Waals surface area contributed by atoms with E-state index in [1.165, 1.54) is 11.8 Å². The van der Waals surface area contributed by atoms with Gasteiger partial charge in [0.05, 0.1) is 13.2 Å². The number of thioether (sulfide) groups is 1. The van der Waals surface area contributed by atoms with Crippen LogP contribution in [0.5, 0.6) is 11.5 Å². The summed E-state index contributed by atoms with van der Waals surface area (Å²) in [7, 11) is 0. The highest BCUT2D eigenvalue weighted by Gasteiger charge is 2.33. The van der Waals surface area contributed by atoms with Gasteiger partial charge < -0.3 is 14.8 Å². The number of hydrogen-bond acceptors (Lipinski definition) is 7. The van der Waals surface area contributed by atoms with Gasteiger partial charge in [0, 0.05) is 28.5 Å². The van der Waals surface area contributed by atoms with Crippen LogP contribution in [0.1, 0.15) is 37.4 Å². The van der Waals surface area contributed by atoms with Crippen LogP contribution in [0.4, 0.5) is 5.95 Å². The van der Waals surface area contributed by atoms with Crippen LogP contribution in [-0.4, -0.2) is 33.8 Å². The van der Waals surface area contributed by atoms with E-state index in [1.807, 2.05) is 49.4 Å². The molecule has 2 aliphatic rings. The van der Waals surface area contributed by atoms with Crippen molar-refractivity contribution in [3.05, 3.63) is 69.9 Å². The maximum Gasteiger partial charge on any atom is 0.227 e. The van der Waals surface area contributed by atoms with Gasteiger partial charge in [-0.2, -0.15) is 4.98 Å². The van der Waals surface area contributed by atoms with Crippen molar-refractivity contribution in [3.8, 4) is 11.5 Å². The summed E-state index contributed by atoms with van der Waals surface area (Å²) in [4.78, 5) is 17.3. The lowest BCUT2D eigenvalue weighted by atomic mass is 9.93. The molecule has 1 unspecified atom stereocenters. The van der Waals surface area contributed by atoms with Crippen molar-refractivity contribution < 1.29 is 14.3 Å². The van der Waals surface area contributed by atoms with Gasteiger partial charge in [-0.15, -0.1) is 5.10 Å². The lowest BCUT2D eigenvalue weighted by Gasteiger charge is -2.28. The number of aromatic nitrogens is 3. The highest BCUT2D eigenvalue weighted by molar-refractivity contribution is 7.98. The number of nitrogens with zero attached hydrogens (tertiary/aromatic N) is 3. The molecule has 1 aromatic heterocycles. The van der Waals surface area contributed by atoms with Gasteiger partial charge in [0.25, 0.3) is 0 Å². The summed E-state index contributed by atoms with van der Waals surface area (Å²) in [5, 5.41) is 9.35. The van der Waals surface area contributed by atoms with Crippen molar-refractivity contribution in [2.75, 3.05) is 18.5 Å². The molecule has 7 nitrogen and oxygen atoms in total. The zero-order valence-electron chi connectivity index (χ0n) is 18.3. The minimum absolute atomic E-state index is 0.0198. The van der Waals surface area contributed by atoms with Crippen molar-refractivity contribution in [3.63, 3.8) is 0 Å². The van der Waals surface area contributed by atoms with E-state index in [0.717, 1.165) is 23.2 Å². The fourth-order valence-corrected chi connectivity index (χ4v) is 4.95. The number of nitrogens with one attached hydrogen (secondary N) is 1.